The Labute approximate surface area is 154 Å². The molecule has 0 radical (unpaired) electrons. The van der Waals surface area contributed by atoms with Gasteiger partial charge in [0.15, 0.2) is 0 Å². The molecule has 0 rings (SSSR count). The van der Waals surface area contributed by atoms with E-state index in [0.29, 0.717) is 5.41 Å². The Kier molecular flexibility index (Phi) is 63.5. The highest BCUT2D eigenvalue weighted by Gasteiger charge is 1.95. The second kappa shape index (κ2) is 37.9. The van der Waals surface area contributed by atoms with Crippen LogP contribution in [0.2, 0.25) is 0 Å². The van der Waals surface area contributed by atoms with Crippen LogP contribution >= 0.6 is 0 Å². The van der Waals surface area contributed by atoms with Gasteiger partial charge in [-0.25, -0.2) is 0 Å². The van der Waals surface area contributed by atoms with E-state index in [1.165, 1.54) is 25.7 Å². The molecule has 0 unspecified atom stereocenters. The third-order valence-corrected chi connectivity index (χ3v) is 1.32. The summed E-state index contributed by atoms with van der Waals surface area (Å²) in [5.41, 5.74) is 0.500. The summed E-state index contributed by atoms with van der Waals surface area (Å²) in [5.74, 6) is 1.72. The summed E-state index contributed by atoms with van der Waals surface area (Å²) in [7, 11) is 0. The summed E-state index contributed by atoms with van der Waals surface area (Å²) in [6, 6.07) is 0. The number of rotatable bonds is 2. The Morgan fingerprint density at radius 3 is 0.696 bits per heavy atom. The topological polar surface area (TPSA) is 0 Å². The van der Waals surface area contributed by atoms with E-state index in [0.717, 1.165) is 11.8 Å². The summed E-state index contributed by atoms with van der Waals surface area (Å²) in [5, 5.41) is 0. The van der Waals surface area contributed by atoms with Crippen LogP contribution in [0, 0.1) is 17.3 Å². The zero-order valence-electron chi connectivity index (χ0n) is 20.5. The molecule has 0 saturated heterocycles. The Morgan fingerprint density at radius 2 is 0.696 bits per heavy atom. The Bertz CT molecular complexity index is 104. The van der Waals surface area contributed by atoms with Crippen molar-refractivity contribution in [1.29, 1.82) is 0 Å². The molecule has 0 aromatic rings. The van der Waals surface area contributed by atoms with Crippen LogP contribution in [0.1, 0.15) is 136 Å². The van der Waals surface area contributed by atoms with Crippen LogP contribution in [0.4, 0.5) is 0 Å². The zero-order chi connectivity index (χ0) is 20.5. The monoisotopic (exact) mass is 334 g/mol. The molecule has 0 spiro atoms. The maximum atomic E-state index is 2.22. The fourth-order valence-corrected chi connectivity index (χ4v) is 0. The van der Waals surface area contributed by atoms with Gasteiger partial charge in [-0.3, -0.25) is 0 Å². The molecule has 0 aromatic carbocycles. The Hall–Kier alpha value is 0. The fraction of sp³-hybridized carbons (Fsp3) is 1.00. The second-order valence-corrected chi connectivity index (χ2v) is 8.24. The molecule has 0 N–H and O–H groups in total. The third-order valence-electron chi connectivity index (χ3n) is 1.32. The lowest BCUT2D eigenvalue weighted by Gasteiger charge is -2.05. The predicted octanol–water partition coefficient (Wildman–Crippen LogP) is 10.0. The van der Waals surface area contributed by atoms with Crippen LogP contribution in [0.5, 0.6) is 0 Å². The van der Waals surface area contributed by atoms with E-state index in [-0.39, 0.29) is 0 Å². The van der Waals surface area contributed by atoms with Gasteiger partial charge >= 0.3 is 0 Å². The van der Waals surface area contributed by atoms with Crippen molar-refractivity contribution in [3.05, 3.63) is 0 Å². The zero-order valence-corrected chi connectivity index (χ0v) is 20.5. The van der Waals surface area contributed by atoms with E-state index >= 15 is 0 Å². The molecule has 23 heavy (non-hydrogen) atoms. The molecule has 0 nitrogen and oxygen atoms in total. The molecule has 0 aromatic heterocycles. The highest BCUT2D eigenvalue weighted by molar-refractivity contribution is 4.47. The van der Waals surface area contributed by atoms with Gasteiger partial charge in [0.25, 0.3) is 0 Å². The van der Waals surface area contributed by atoms with Crippen LogP contribution in [0.3, 0.4) is 0 Å². The summed E-state index contributed by atoms with van der Waals surface area (Å²) in [6.45, 7) is 34.5. The summed E-state index contributed by atoms with van der Waals surface area (Å²) < 4.78 is 0. The molecule has 0 aliphatic rings. The second-order valence-electron chi connectivity index (χ2n) is 8.24. The van der Waals surface area contributed by atoms with Gasteiger partial charge in [-0.05, 0) is 17.3 Å². The third kappa shape index (κ3) is 978. The van der Waals surface area contributed by atoms with Gasteiger partial charge in [-0.1, -0.05) is 136 Å². The Morgan fingerprint density at radius 1 is 0.609 bits per heavy atom. The standard InChI is InChI=1S/2C5H12.2C4H10.C3H8.C2H6/c1-5(2,3)4;1-4-5(2)3;1-4(2)3;1-3-4-2;1-3-2;1-2/h1-4H3;5H,4H2,1-3H3;4H,1-3H3;3-4H2,1-2H3;3H2,1-2H3;1-2H3. The number of hydrogen-bond donors (Lipinski definition) is 0. The number of unbranched alkanes of at least 4 members (excludes halogenated alkanes) is 1. The van der Waals surface area contributed by atoms with Gasteiger partial charge in [-0.15, -0.1) is 0 Å². The highest BCUT2D eigenvalue weighted by atomic mass is 14.0. The molecule has 0 saturated carbocycles. The summed E-state index contributed by atoms with van der Waals surface area (Å²) in [4.78, 5) is 0. The van der Waals surface area contributed by atoms with Crippen molar-refractivity contribution >= 4 is 0 Å². The molecule has 0 heterocycles. The van der Waals surface area contributed by atoms with Gasteiger partial charge in [0.2, 0.25) is 0 Å². The first-order chi connectivity index (χ1) is 10.3. The average Bonchev–Trinajstić information content (AvgIpc) is 2.39. The van der Waals surface area contributed by atoms with Gasteiger partial charge in [0, 0.05) is 0 Å². The van der Waals surface area contributed by atoms with E-state index in [1.807, 2.05) is 13.8 Å². The van der Waals surface area contributed by atoms with E-state index in [2.05, 4.69) is 96.9 Å². The van der Waals surface area contributed by atoms with Crippen LogP contribution < -0.4 is 0 Å². The van der Waals surface area contributed by atoms with Crippen molar-refractivity contribution in [2.45, 2.75) is 136 Å². The molecule has 150 valence electrons. The average molecular weight is 335 g/mol. The van der Waals surface area contributed by atoms with Crippen molar-refractivity contribution in [3.63, 3.8) is 0 Å². The van der Waals surface area contributed by atoms with E-state index in [4.69, 9.17) is 0 Å². The smallest absolute Gasteiger partial charge is 0.0411 e. The largest absolute Gasteiger partial charge is 0.0683 e. The van der Waals surface area contributed by atoms with Crippen molar-refractivity contribution in [2.24, 2.45) is 17.3 Å². The van der Waals surface area contributed by atoms with E-state index in [9.17, 15) is 0 Å². The van der Waals surface area contributed by atoms with Gasteiger partial charge in [-0.2, -0.15) is 0 Å². The minimum atomic E-state index is 0.500. The van der Waals surface area contributed by atoms with Crippen LogP contribution in [0.25, 0.3) is 0 Å². The summed E-state index contributed by atoms with van der Waals surface area (Å²) in [6.07, 6.45) is 5.19. The lowest BCUT2D eigenvalue weighted by molar-refractivity contribution is 0.469. The minimum Gasteiger partial charge on any atom is -0.0683 e. The molecule has 0 fully saturated rings. The SMILES string of the molecule is CC.CC(C)(C)C.CC(C)C.CCC.CCC(C)C.CCCC. The van der Waals surface area contributed by atoms with E-state index < -0.39 is 0 Å². The van der Waals surface area contributed by atoms with Crippen LogP contribution in [-0.4, -0.2) is 0 Å². The first-order valence-electron chi connectivity index (χ1n) is 10.3. The van der Waals surface area contributed by atoms with Crippen LogP contribution in [0.15, 0.2) is 0 Å². The molecule has 0 bridgehead atoms. The number of hydrogen-bond acceptors (Lipinski definition) is 0. The quantitative estimate of drug-likeness (QED) is 0.471. The highest BCUT2D eigenvalue weighted by Crippen LogP contribution is 2.08. The normalized spacial score (nSPS) is 8.61. The van der Waals surface area contributed by atoms with Crippen molar-refractivity contribution < 1.29 is 0 Å². The van der Waals surface area contributed by atoms with Gasteiger partial charge < -0.3 is 0 Å². The van der Waals surface area contributed by atoms with Crippen molar-refractivity contribution in [1.82, 2.24) is 0 Å². The first-order valence-corrected chi connectivity index (χ1v) is 10.3. The molecule has 0 aliphatic carbocycles. The lowest BCUT2D eigenvalue weighted by Crippen LogP contribution is -1.93. The lowest BCUT2D eigenvalue weighted by atomic mass is 10.0. The molecular formula is C23H58. The predicted molar refractivity (Wildman–Crippen MR) is 119 cm³/mol. The van der Waals surface area contributed by atoms with Gasteiger partial charge in [0.05, 0.1) is 0 Å². The fourth-order valence-electron chi connectivity index (χ4n) is 0. The molecular weight excluding hydrogens is 276 g/mol. The molecule has 0 aliphatic heterocycles. The van der Waals surface area contributed by atoms with Crippen molar-refractivity contribution in [2.75, 3.05) is 0 Å². The summed E-state index contributed by atoms with van der Waals surface area (Å²) >= 11 is 0. The molecule has 0 atom stereocenters. The van der Waals surface area contributed by atoms with Crippen molar-refractivity contribution in [3.8, 4) is 0 Å². The van der Waals surface area contributed by atoms with Crippen LogP contribution in [-0.2, 0) is 0 Å². The minimum absolute atomic E-state index is 0.500. The Balaban J connectivity index is -0.0000000386. The maximum absolute atomic E-state index is 2.22. The molecule has 0 heteroatoms. The van der Waals surface area contributed by atoms with E-state index in [1.54, 1.807) is 0 Å². The maximum Gasteiger partial charge on any atom is -0.0411 e. The first kappa shape index (κ1) is 38.5. The van der Waals surface area contributed by atoms with Gasteiger partial charge in [0.1, 0.15) is 0 Å². The molecule has 0 amide bonds.